The molecule has 0 aromatic rings. The molecule has 0 aromatic carbocycles. The number of rotatable bonds is 5. The lowest BCUT2D eigenvalue weighted by Crippen LogP contribution is -2.24. The highest BCUT2D eigenvalue weighted by Crippen LogP contribution is 1.96. The minimum absolute atomic E-state index is 0.0881. The van der Waals surface area contributed by atoms with Crippen LogP contribution in [0.25, 0.3) is 0 Å². The van der Waals surface area contributed by atoms with E-state index in [2.05, 4.69) is 0 Å². The fourth-order valence-electron chi connectivity index (χ4n) is 0.559. The van der Waals surface area contributed by atoms with Crippen molar-refractivity contribution in [1.82, 2.24) is 0 Å². The van der Waals surface area contributed by atoms with Gasteiger partial charge in [-0.05, 0) is 6.42 Å². The Kier molecular flexibility index (Phi) is 4.88. The summed E-state index contributed by atoms with van der Waals surface area (Å²) < 4.78 is 4.75. The minimum atomic E-state index is -0.976. The second-order valence-electron chi connectivity index (χ2n) is 1.83. The summed E-state index contributed by atoms with van der Waals surface area (Å²) in [5.41, 5.74) is 0. The molecule has 0 bridgehead atoms. The lowest BCUT2D eigenvalue weighted by atomic mass is 10.3. The molecule has 1 atom stereocenters. The first-order chi connectivity index (χ1) is 4.72. The molecule has 0 aliphatic heterocycles. The zero-order valence-corrected chi connectivity index (χ0v) is 5.91. The van der Waals surface area contributed by atoms with Gasteiger partial charge in [0.15, 0.2) is 6.10 Å². The number of aliphatic hydroxyl groups is 1. The third kappa shape index (κ3) is 3.42. The topological polar surface area (TPSA) is 66.8 Å². The molecule has 0 rings (SSSR count). The van der Waals surface area contributed by atoms with Gasteiger partial charge in [0, 0.05) is 0 Å². The Bertz CT molecular complexity index is 102. The van der Waals surface area contributed by atoms with Crippen LogP contribution in [0.15, 0.2) is 0 Å². The molecular formula is C6H12O4. The van der Waals surface area contributed by atoms with Gasteiger partial charge in [-0.25, -0.2) is 4.79 Å². The predicted octanol–water partition coefficient (Wildman–Crippen LogP) is -0.142. The number of aliphatic hydroxyl groups excluding tert-OH is 1. The van der Waals surface area contributed by atoms with Gasteiger partial charge in [-0.1, -0.05) is 6.92 Å². The maximum atomic E-state index is 10.2. The lowest BCUT2D eigenvalue weighted by molar-refractivity contribution is -0.151. The van der Waals surface area contributed by atoms with E-state index in [-0.39, 0.29) is 13.2 Å². The van der Waals surface area contributed by atoms with E-state index in [9.17, 15) is 4.79 Å². The first-order valence-electron chi connectivity index (χ1n) is 3.17. The number of ether oxygens (including phenoxy) is 1. The normalized spacial score (nSPS) is 13.0. The minimum Gasteiger partial charge on any atom is -0.479 e. The van der Waals surface area contributed by atoms with Crippen LogP contribution in [0.3, 0.4) is 0 Å². The van der Waals surface area contributed by atoms with Crippen molar-refractivity contribution in [3.05, 3.63) is 0 Å². The molecule has 0 unspecified atom stereocenters. The van der Waals surface area contributed by atoms with E-state index in [1.807, 2.05) is 0 Å². The Morgan fingerprint density at radius 1 is 1.70 bits per heavy atom. The monoisotopic (exact) mass is 148 g/mol. The molecule has 0 aliphatic rings. The smallest absolute Gasteiger partial charge is 0.332 e. The van der Waals surface area contributed by atoms with Gasteiger partial charge in [0.2, 0.25) is 0 Å². The number of carbonyl (C=O) groups is 1. The largest absolute Gasteiger partial charge is 0.479 e. The second kappa shape index (κ2) is 5.20. The van der Waals surface area contributed by atoms with Crippen LogP contribution in [-0.2, 0) is 9.53 Å². The number of carboxylic acid groups (broad SMARTS) is 1. The molecule has 4 heteroatoms. The van der Waals surface area contributed by atoms with Crippen molar-refractivity contribution in [2.75, 3.05) is 13.2 Å². The summed E-state index contributed by atoms with van der Waals surface area (Å²) in [6, 6.07) is 0. The molecule has 0 aliphatic carbocycles. The highest BCUT2D eigenvalue weighted by atomic mass is 16.5. The van der Waals surface area contributed by atoms with Gasteiger partial charge in [0.05, 0.1) is 13.2 Å². The molecule has 4 nitrogen and oxygen atoms in total. The third-order valence-electron chi connectivity index (χ3n) is 1.06. The van der Waals surface area contributed by atoms with Gasteiger partial charge < -0.3 is 14.9 Å². The Labute approximate surface area is 59.4 Å². The average molecular weight is 148 g/mol. The molecule has 10 heavy (non-hydrogen) atoms. The van der Waals surface area contributed by atoms with Gasteiger partial charge in [0.25, 0.3) is 0 Å². The zero-order valence-electron chi connectivity index (χ0n) is 5.91. The summed E-state index contributed by atoms with van der Waals surface area (Å²) in [5, 5.41) is 16.7. The van der Waals surface area contributed by atoms with E-state index >= 15 is 0 Å². The molecule has 0 amide bonds. The highest BCUT2D eigenvalue weighted by Gasteiger charge is 2.13. The molecule has 0 spiro atoms. The molecule has 60 valence electrons. The molecule has 0 radical (unpaired) electrons. The lowest BCUT2D eigenvalue weighted by Gasteiger charge is -2.08. The fraction of sp³-hybridized carbons (Fsp3) is 0.833. The first-order valence-corrected chi connectivity index (χ1v) is 3.17. The average Bonchev–Trinajstić information content (AvgIpc) is 1.89. The molecule has 0 saturated heterocycles. The standard InChI is InChI=1S/C6H12O4/c1-2-5(6(8)9)10-4-3-7/h5,7H,2-4H2,1H3,(H,8,9)/t5-/m0/s1. The Morgan fingerprint density at radius 2 is 2.30 bits per heavy atom. The zero-order chi connectivity index (χ0) is 7.98. The molecule has 0 heterocycles. The van der Waals surface area contributed by atoms with Crippen LogP contribution in [0.4, 0.5) is 0 Å². The Balaban J connectivity index is 3.50. The van der Waals surface area contributed by atoms with E-state index < -0.39 is 12.1 Å². The molecule has 0 saturated carbocycles. The van der Waals surface area contributed by atoms with Crippen molar-refractivity contribution in [3.63, 3.8) is 0 Å². The predicted molar refractivity (Wildman–Crippen MR) is 34.8 cm³/mol. The SMILES string of the molecule is CC[C@H](OCCO)C(=O)O. The maximum Gasteiger partial charge on any atom is 0.332 e. The van der Waals surface area contributed by atoms with Gasteiger partial charge in [-0.3, -0.25) is 0 Å². The maximum absolute atomic E-state index is 10.2. The van der Waals surface area contributed by atoms with Crippen molar-refractivity contribution in [2.24, 2.45) is 0 Å². The Morgan fingerprint density at radius 3 is 2.60 bits per heavy atom. The third-order valence-corrected chi connectivity index (χ3v) is 1.06. The van der Waals surface area contributed by atoms with Crippen LogP contribution < -0.4 is 0 Å². The van der Waals surface area contributed by atoms with Crippen molar-refractivity contribution in [1.29, 1.82) is 0 Å². The molecule has 0 aromatic heterocycles. The molecular weight excluding hydrogens is 136 g/mol. The van der Waals surface area contributed by atoms with E-state index in [0.717, 1.165) is 0 Å². The fourth-order valence-corrected chi connectivity index (χ4v) is 0.559. The van der Waals surface area contributed by atoms with Crippen LogP contribution in [-0.4, -0.2) is 35.5 Å². The summed E-state index contributed by atoms with van der Waals surface area (Å²) in [5.74, 6) is -0.976. The van der Waals surface area contributed by atoms with Crippen molar-refractivity contribution in [2.45, 2.75) is 19.4 Å². The van der Waals surface area contributed by atoms with Gasteiger partial charge >= 0.3 is 5.97 Å². The Hall–Kier alpha value is -0.610. The summed E-state index contributed by atoms with van der Waals surface area (Å²) in [4.78, 5) is 10.2. The quantitative estimate of drug-likeness (QED) is 0.569. The van der Waals surface area contributed by atoms with E-state index in [1.165, 1.54) is 0 Å². The van der Waals surface area contributed by atoms with Crippen LogP contribution >= 0.6 is 0 Å². The van der Waals surface area contributed by atoms with Crippen LogP contribution in [0.2, 0.25) is 0 Å². The summed E-state index contributed by atoms with van der Waals surface area (Å²) in [6.45, 7) is 1.67. The number of hydrogen-bond acceptors (Lipinski definition) is 3. The van der Waals surface area contributed by atoms with E-state index in [4.69, 9.17) is 14.9 Å². The summed E-state index contributed by atoms with van der Waals surface area (Å²) >= 11 is 0. The van der Waals surface area contributed by atoms with Gasteiger partial charge in [-0.15, -0.1) is 0 Å². The summed E-state index contributed by atoms with van der Waals surface area (Å²) in [7, 11) is 0. The second-order valence-corrected chi connectivity index (χ2v) is 1.83. The first kappa shape index (κ1) is 9.39. The number of hydrogen-bond donors (Lipinski definition) is 2. The van der Waals surface area contributed by atoms with Gasteiger partial charge in [-0.2, -0.15) is 0 Å². The summed E-state index contributed by atoms with van der Waals surface area (Å²) in [6.07, 6.45) is -0.345. The number of carboxylic acids is 1. The van der Waals surface area contributed by atoms with E-state index in [1.54, 1.807) is 6.92 Å². The molecule has 0 fully saturated rings. The van der Waals surface area contributed by atoms with Gasteiger partial charge in [0.1, 0.15) is 0 Å². The van der Waals surface area contributed by atoms with E-state index in [0.29, 0.717) is 6.42 Å². The van der Waals surface area contributed by atoms with Crippen molar-refractivity contribution < 1.29 is 19.7 Å². The number of aliphatic carboxylic acids is 1. The highest BCUT2D eigenvalue weighted by molar-refractivity contribution is 5.72. The van der Waals surface area contributed by atoms with Crippen molar-refractivity contribution in [3.8, 4) is 0 Å². The van der Waals surface area contributed by atoms with Crippen LogP contribution in [0, 0.1) is 0 Å². The van der Waals surface area contributed by atoms with Crippen LogP contribution in [0.5, 0.6) is 0 Å². The van der Waals surface area contributed by atoms with Crippen molar-refractivity contribution >= 4 is 5.97 Å². The van der Waals surface area contributed by atoms with Crippen LogP contribution in [0.1, 0.15) is 13.3 Å². The molecule has 2 N–H and O–H groups in total.